The lowest BCUT2D eigenvalue weighted by Crippen LogP contribution is -2.48. The maximum atomic E-state index is 13.2. The number of carboxylic acid groups (broad SMARTS) is 1. The molecule has 10 nitrogen and oxygen atoms in total. The van der Waals surface area contributed by atoms with Gasteiger partial charge >= 0.3 is 5.97 Å². The first-order valence-corrected chi connectivity index (χ1v) is 15.4. The van der Waals surface area contributed by atoms with Gasteiger partial charge in [0.25, 0.3) is 5.91 Å². The highest BCUT2D eigenvalue weighted by Crippen LogP contribution is 2.22. The number of nitrogens with zero attached hydrogens (tertiary/aromatic N) is 1. The summed E-state index contributed by atoms with van der Waals surface area (Å²) in [6.45, 7) is 8.86. The lowest BCUT2D eigenvalue weighted by atomic mass is 9.92. The first-order chi connectivity index (χ1) is 19.1. The zero-order valence-electron chi connectivity index (χ0n) is 24.6. The van der Waals surface area contributed by atoms with Crippen LogP contribution < -0.4 is 14.9 Å². The fraction of sp³-hybridized carbons (Fsp3) is 0.500. The monoisotopic (exact) mass is 589 g/mol. The van der Waals surface area contributed by atoms with Gasteiger partial charge in [0.05, 0.1) is 23.6 Å². The summed E-state index contributed by atoms with van der Waals surface area (Å²) in [6, 6.07) is 13.3. The topological polar surface area (TPSA) is 153 Å². The van der Waals surface area contributed by atoms with Gasteiger partial charge in [0.2, 0.25) is 15.9 Å². The maximum Gasteiger partial charge on any atom is 0.326 e. The number of nitrogens with one attached hydrogen (secondary N) is 2. The van der Waals surface area contributed by atoms with Crippen LogP contribution in [0.15, 0.2) is 54.6 Å². The first kappa shape index (κ1) is 33.8. The van der Waals surface area contributed by atoms with Crippen LogP contribution in [0, 0.1) is 17.8 Å². The van der Waals surface area contributed by atoms with Gasteiger partial charge in [-0.25, -0.2) is 13.2 Å². The van der Waals surface area contributed by atoms with E-state index in [1.54, 1.807) is 63.2 Å². The molecule has 0 aliphatic carbocycles. The van der Waals surface area contributed by atoms with E-state index < -0.39 is 51.9 Å². The molecule has 0 saturated heterocycles. The summed E-state index contributed by atoms with van der Waals surface area (Å²) in [5.74, 6) is -3.22. The van der Waals surface area contributed by atoms with Gasteiger partial charge in [-0.3, -0.25) is 13.9 Å². The van der Waals surface area contributed by atoms with Crippen molar-refractivity contribution < 1.29 is 33.0 Å². The number of sulfonamides is 1. The van der Waals surface area contributed by atoms with E-state index in [9.17, 15) is 33.0 Å². The van der Waals surface area contributed by atoms with Crippen molar-refractivity contribution in [3.63, 3.8) is 0 Å². The average molecular weight is 590 g/mol. The number of rotatable bonds is 15. The molecule has 2 aromatic carbocycles. The minimum absolute atomic E-state index is 0.00837. The number of hydrogen-bond acceptors (Lipinski definition) is 6. The number of carbonyl (C=O) groups excluding carboxylic acids is 2. The van der Waals surface area contributed by atoms with Crippen molar-refractivity contribution in [2.75, 3.05) is 11.4 Å². The van der Waals surface area contributed by atoms with E-state index in [0.717, 1.165) is 4.31 Å². The maximum absolute atomic E-state index is 13.2. The zero-order valence-corrected chi connectivity index (χ0v) is 25.4. The minimum Gasteiger partial charge on any atom is -0.480 e. The molecule has 226 valence electrons. The van der Waals surface area contributed by atoms with Crippen LogP contribution in [0.5, 0.6) is 0 Å². The highest BCUT2D eigenvalue weighted by atomic mass is 32.2. The summed E-state index contributed by atoms with van der Waals surface area (Å²) < 4.78 is 27.1. The molecule has 0 radical (unpaired) electrons. The van der Waals surface area contributed by atoms with E-state index in [-0.39, 0.29) is 29.6 Å². The molecule has 4 atom stereocenters. The second kappa shape index (κ2) is 15.0. The van der Waals surface area contributed by atoms with Gasteiger partial charge in [-0.05, 0) is 48.4 Å². The third-order valence-corrected chi connectivity index (χ3v) is 8.60. The van der Waals surface area contributed by atoms with Crippen molar-refractivity contribution in [2.24, 2.45) is 17.8 Å². The summed E-state index contributed by atoms with van der Waals surface area (Å²) in [7, 11) is -2.28. The van der Waals surface area contributed by atoms with Crippen LogP contribution in [0.1, 0.15) is 63.4 Å². The first-order valence-electron chi connectivity index (χ1n) is 13.7. The predicted molar refractivity (Wildman–Crippen MR) is 159 cm³/mol. The SMILES string of the molecule is CC(C)C[C@H](NC(=O)c1cccc(N(C)S(=O)(=O)Cc2ccccc2)c1)[C@@H](O)C[C@@H](C)C(=O)N[C@H](C(=O)O)C(C)C. The number of hydrogen-bond donors (Lipinski definition) is 4. The smallest absolute Gasteiger partial charge is 0.326 e. The molecule has 0 bridgehead atoms. The Morgan fingerprint density at radius 2 is 1.54 bits per heavy atom. The van der Waals surface area contributed by atoms with E-state index in [2.05, 4.69) is 10.6 Å². The van der Waals surface area contributed by atoms with E-state index >= 15 is 0 Å². The molecule has 0 aromatic heterocycles. The molecule has 0 aliphatic rings. The van der Waals surface area contributed by atoms with Gasteiger partial charge in [-0.15, -0.1) is 0 Å². The van der Waals surface area contributed by atoms with Crippen LogP contribution in [0.25, 0.3) is 0 Å². The highest BCUT2D eigenvalue weighted by molar-refractivity contribution is 7.92. The summed E-state index contributed by atoms with van der Waals surface area (Å²) in [5, 5.41) is 25.8. The molecular formula is C30H43N3O7S. The Morgan fingerprint density at radius 3 is 2.10 bits per heavy atom. The van der Waals surface area contributed by atoms with Crippen molar-refractivity contribution >= 4 is 33.5 Å². The molecule has 2 amide bonds. The molecule has 4 N–H and O–H groups in total. The lowest BCUT2D eigenvalue weighted by Gasteiger charge is -2.28. The van der Waals surface area contributed by atoms with E-state index in [4.69, 9.17) is 0 Å². The van der Waals surface area contributed by atoms with Crippen LogP contribution in [0.3, 0.4) is 0 Å². The third-order valence-electron chi connectivity index (χ3n) is 6.86. The largest absolute Gasteiger partial charge is 0.480 e. The third kappa shape index (κ3) is 10.2. The highest BCUT2D eigenvalue weighted by Gasteiger charge is 2.30. The molecule has 41 heavy (non-hydrogen) atoms. The van der Waals surface area contributed by atoms with Crippen molar-refractivity contribution in [3.05, 3.63) is 65.7 Å². The van der Waals surface area contributed by atoms with Crippen LogP contribution >= 0.6 is 0 Å². The number of anilines is 1. The van der Waals surface area contributed by atoms with Crippen LogP contribution in [0.2, 0.25) is 0 Å². The molecular weight excluding hydrogens is 546 g/mol. The molecule has 0 saturated carbocycles. The summed E-state index contributed by atoms with van der Waals surface area (Å²) in [4.78, 5) is 37.4. The molecule has 0 unspecified atom stereocenters. The van der Waals surface area contributed by atoms with Crippen molar-refractivity contribution in [1.29, 1.82) is 0 Å². The predicted octanol–water partition coefficient (Wildman–Crippen LogP) is 3.41. The number of benzene rings is 2. The van der Waals surface area contributed by atoms with Gasteiger partial charge in [0, 0.05) is 18.5 Å². The van der Waals surface area contributed by atoms with Gasteiger partial charge in [-0.2, -0.15) is 0 Å². The normalized spacial score (nSPS) is 14.7. The number of aliphatic hydroxyl groups excluding tert-OH is 1. The standard InChI is InChI=1S/C30H43N3O7S/c1-19(2)15-25(26(34)16-21(5)28(35)32-27(20(3)4)30(37)38)31-29(36)23-13-10-14-24(17-23)33(6)41(39,40)18-22-11-8-7-9-12-22/h7-14,17,19-21,25-27,34H,15-16,18H2,1-6H3,(H,31,36)(H,32,35)(H,37,38)/t21-,25+,26+,27+/m1/s1. The fourth-order valence-electron chi connectivity index (χ4n) is 4.40. The summed E-state index contributed by atoms with van der Waals surface area (Å²) in [5.41, 5.74) is 1.18. The Hall–Kier alpha value is -3.44. The van der Waals surface area contributed by atoms with Crippen LogP contribution in [-0.4, -0.2) is 61.6 Å². The second-order valence-corrected chi connectivity index (χ2v) is 13.2. The molecule has 0 aliphatic heterocycles. The number of amides is 2. The Morgan fingerprint density at radius 1 is 0.902 bits per heavy atom. The van der Waals surface area contributed by atoms with E-state index in [0.29, 0.717) is 17.7 Å². The van der Waals surface area contributed by atoms with Gasteiger partial charge in [0.15, 0.2) is 0 Å². The Labute approximate surface area is 243 Å². The summed E-state index contributed by atoms with van der Waals surface area (Å²) in [6.07, 6.45) is -0.647. The van der Waals surface area contributed by atoms with Crippen LogP contribution in [-0.2, 0) is 25.4 Å². The van der Waals surface area contributed by atoms with Gasteiger partial charge < -0.3 is 20.8 Å². The Balaban J connectivity index is 2.15. The fourth-order valence-corrected chi connectivity index (χ4v) is 5.64. The number of aliphatic hydroxyl groups is 1. The number of aliphatic carboxylic acids is 1. The second-order valence-electron chi connectivity index (χ2n) is 11.2. The van der Waals surface area contributed by atoms with Gasteiger partial charge in [0.1, 0.15) is 6.04 Å². The zero-order chi connectivity index (χ0) is 30.9. The Kier molecular flexibility index (Phi) is 12.3. The van der Waals surface area contributed by atoms with Gasteiger partial charge in [-0.1, -0.05) is 71.0 Å². The Bertz CT molecular complexity index is 1280. The molecule has 2 aromatic rings. The molecule has 2 rings (SSSR count). The van der Waals surface area contributed by atoms with Crippen molar-refractivity contribution in [1.82, 2.24) is 10.6 Å². The summed E-state index contributed by atoms with van der Waals surface area (Å²) >= 11 is 0. The lowest BCUT2D eigenvalue weighted by molar-refractivity contribution is -0.143. The molecule has 0 spiro atoms. The quantitative estimate of drug-likeness (QED) is 0.248. The van der Waals surface area contributed by atoms with Crippen molar-refractivity contribution in [3.8, 4) is 0 Å². The van der Waals surface area contributed by atoms with Crippen LogP contribution in [0.4, 0.5) is 5.69 Å². The number of carbonyl (C=O) groups is 3. The minimum atomic E-state index is -3.72. The average Bonchev–Trinajstić information content (AvgIpc) is 2.90. The van der Waals surface area contributed by atoms with E-state index in [1.807, 2.05) is 19.9 Å². The molecule has 0 fully saturated rings. The molecule has 11 heteroatoms. The van der Waals surface area contributed by atoms with E-state index in [1.165, 1.54) is 13.1 Å². The number of carboxylic acids is 1. The molecule has 0 heterocycles. The van der Waals surface area contributed by atoms with Crippen molar-refractivity contribution in [2.45, 2.75) is 71.4 Å².